The normalized spacial score (nSPS) is 16.1. The topological polar surface area (TPSA) is 61.8 Å². The van der Waals surface area contributed by atoms with E-state index in [-0.39, 0.29) is 5.84 Å². The van der Waals surface area contributed by atoms with Crippen molar-refractivity contribution in [2.45, 2.75) is 25.3 Å². The molecule has 0 aromatic heterocycles. The molecule has 0 saturated heterocycles. The second-order valence-corrected chi connectivity index (χ2v) is 5.36. The van der Waals surface area contributed by atoms with Crippen LogP contribution in [0.15, 0.2) is 41.6 Å². The van der Waals surface area contributed by atoms with Crippen LogP contribution in [0.3, 0.4) is 0 Å². The number of nitrogens with two attached hydrogens (primary N) is 1. The Morgan fingerprint density at radius 3 is 2.50 bits per heavy atom. The Balaban J connectivity index is 2.15. The minimum Gasteiger partial charge on any atom is -0.409 e. The van der Waals surface area contributed by atoms with E-state index in [4.69, 9.17) is 10.9 Å². The van der Waals surface area contributed by atoms with Gasteiger partial charge in [-0.05, 0) is 36.8 Å². The molecule has 4 heteroatoms. The van der Waals surface area contributed by atoms with Crippen molar-refractivity contribution in [1.29, 1.82) is 0 Å². The number of hydrogen-bond donors (Lipinski definition) is 2. The molecule has 4 nitrogen and oxygen atoms in total. The summed E-state index contributed by atoms with van der Waals surface area (Å²) in [4.78, 5) is 2.35. The molecular formula is C16H19N3O. The molecule has 0 heterocycles. The Kier molecular flexibility index (Phi) is 3.22. The number of anilines is 1. The van der Waals surface area contributed by atoms with E-state index in [9.17, 15) is 0 Å². The molecule has 20 heavy (non-hydrogen) atoms. The summed E-state index contributed by atoms with van der Waals surface area (Å²) >= 11 is 0. The molecule has 0 bridgehead atoms. The van der Waals surface area contributed by atoms with Gasteiger partial charge in [-0.2, -0.15) is 0 Å². The zero-order valence-electron chi connectivity index (χ0n) is 11.6. The molecule has 3 N–H and O–H groups in total. The van der Waals surface area contributed by atoms with E-state index in [0.717, 1.165) is 16.3 Å². The van der Waals surface area contributed by atoms with Crippen LogP contribution in [0.2, 0.25) is 0 Å². The predicted octanol–water partition coefficient (Wildman–Crippen LogP) is 2.92. The van der Waals surface area contributed by atoms with Gasteiger partial charge in [-0.15, -0.1) is 0 Å². The molecule has 1 saturated carbocycles. The summed E-state index contributed by atoms with van der Waals surface area (Å²) in [5.41, 5.74) is 7.75. The highest BCUT2D eigenvalue weighted by molar-refractivity contribution is 6.11. The third-order valence-corrected chi connectivity index (χ3v) is 4.29. The first-order valence-corrected chi connectivity index (χ1v) is 6.95. The number of benzene rings is 2. The number of rotatable bonds is 3. The highest BCUT2D eigenvalue weighted by atomic mass is 16.4. The average Bonchev–Trinajstić information content (AvgIpc) is 2.43. The average molecular weight is 269 g/mol. The van der Waals surface area contributed by atoms with Crippen molar-refractivity contribution in [2.24, 2.45) is 10.9 Å². The molecule has 3 rings (SSSR count). The standard InChI is InChI=1S/C16H19N3O/c1-19(11-5-4-6-11)15-10-9-14(16(17)18-20)12-7-2-3-8-13(12)15/h2-3,7-11,20H,4-6H2,1H3,(H2,17,18). The van der Waals surface area contributed by atoms with Crippen LogP contribution in [-0.4, -0.2) is 24.1 Å². The van der Waals surface area contributed by atoms with E-state index >= 15 is 0 Å². The largest absolute Gasteiger partial charge is 0.409 e. The zero-order valence-corrected chi connectivity index (χ0v) is 11.6. The van der Waals surface area contributed by atoms with Crippen LogP contribution < -0.4 is 10.6 Å². The van der Waals surface area contributed by atoms with Crippen molar-refractivity contribution in [2.75, 3.05) is 11.9 Å². The van der Waals surface area contributed by atoms with Gasteiger partial charge in [0.15, 0.2) is 5.84 Å². The van der Waals surface area contributed by atoms with Crippen molar-refractivity contribution in [3.8, 4) is 0 Å². The second-order valence-electron chi connectivity index (χ2n) is 5.36. The van der Waals surface area contributed by atoms with E-state index in [1.807, 2.05) is 24.3 Å². The highest BCUT2D eigenvalue weighted by Crippen LogP contribution is 2.34. The Hall–Kier alpha value is -2.23. The van der Waals surface area contributed by atoms with Crippen LogP contribution in [-0.2, 0) is 0 Å². The molecule has 104 valence electrons. The van der Waals surface area contributed by atoms with E-state index in [1.165, 1.54) is 24.9 Å². The lowest BCUT2D eigenvalue weighted by Crippen LogP contribution is -2.37. The fourth-order valence-electron chi connectivity index (χ4n) is 2.84. The molecule has 1 fully saturated rings. The fraction of sp³-hybridized carbons (Fsp3) is 0.312. The molecule has 1 aliphatic rings. The Morgan fingerprint density at radius 1 is 1.20 bits per heavy atom. The van der Waals surface area contributed by atoms with Crippen molar-refractivity contribution in [3.05, 3.63) is 42.0 Å². The van der Waals surface area contributed by atoms with Gasteiger partial charge in [-0.3, -0.25) is 0 Å². The van der Waals surface area contributed by atoms with E-state index in [1.54, 1.807) is 0 Å². The van der Waals surface area contributed by atoms with Crippen LogP contribution >= 0.6 is 0 Å². The van der Waals surface area contributed by atoms with Crippen LogP contribution in [0.5, 0.6) is 0 Å². The van der Waals surface area contributed by atoms with Crippen molar-refractivity contribution in [1.82, 2.24) is 0 Å². The summed E-state index contributed by atoms with van der Waals surface area (Å²) in [6.07, 6.45) is 3.83. The van der Waals surface area contributed by atoms with Gasteiger partial charge in [0.1, 0.15) is 0 Å². The van der Waals surface area contributed by atoms with E-state index in [2.05, 4.69) is 29.2 Å². The molecule has 1 aliphatic carbocycles. The molecule has 0 radical (unpaired) electrons. The molecular weight excluding hydrogens is 250 g/mol. The Labute approximate surface area is 118 Å². The monoisotopic (exact) mass is 269 g/mol. The van der Waals surface area contributed by atoms with Crippen molar-refractivity contribution >= 4 is 22.3 Å². The van der Waals surface area contributed by atoms with Crippen LogP contribution in [0, 0.1) is 0 Å². The number of oxime groups is 1. The lowest BCUT2D eigenvalue weighted by atomic mass is 9.90. The summed E-state index contributed by atoms with van der Waals surface area (Å²) in [6, 6.07) is 12.7. The highest BCUT2D eigenvalue weighted by Gasteiger charge is 2.23. The van der Waals surface area contributed by atoms with Crippen LogP contribution in [0.4, 0.5) is 5.69 Å². The molecule has 0 unspecified atom stereocenters. The lowest BCUT2D eigenvalue weighted by molar-refractivity contribution is 0.318. The van der Waals surface area contributed by atoms with Gasteiger partial charge in [-0.1, -0.05) is 29.4 Å². The van der Waals surface area contributed by atoms with E-state index < -0.39 is 0 Å². The van der Waals surface area contributed by atoms with Gasteiger partial charge in [0.2, 0.25) is 0 Å². The molecule has 2 aromatic rings. The number of amidine groups is 1. The number of hydrogen-bond acceptors (Lipinski definition) is 3. The third-order valence-electron chi connectivity index (χ3n) is 4.29. The van der Waals surface area contributed by atoms with Crippen LogP contribution in [0.1, 0.15) is 24.8 Å². The first-order chi connectivity index (χ1) is 9.72. The molecule has 0 aliphatic heterocycles. The Morgan fingerprint density at radius 2 is 1.90 bits per heavy atom. The summed E-state index contributed by atoms with van der Waals surface area (Å²) in [7, 11) is 2.15. The minimum atomic E-state index is 0.152. The number of fused-ring (bicyclic) bond motifs is 1. The van der Waals surface area contributed by atoms with Gasteiger partial charge in [-0.25, -0.2) is 0 Å². The molecule has 0 atom stereocenters. The zero-order chi connectivity index (χ0) is 14.1. The maximum atomic E-state index is 8.91. The summed E-state index contributed by atoms with van der Waals surface area (Å²) in [5.74, 6) is 0.152. The van der Waals surface area contributed by atoms with Gasteiger partial charge in [0.25, 0.3) is 0 Å². The molecule has 0 amide bonds. The third kappa shape index (κ3) is 1.97. The van der Waals surface area contributed by atoms with Crippen LogP contribution in [0.25, 0.3) is 10.8 Å². The van der Waals surface area contributed by atoms with Gasteiger partial charge in [0.05, 0.1) is 0 Å². The van der Waals surface area contributed by atoms with Gasteiger partial charge in [0, 0.05) is 29.7 Å². The smallest absolute Gasteiger partial charge is 0.170 e. The van der Waals surface area contributed by atoms with Gasteiger partial charge < -0.3 is 15.8 Å². The quantitative estimate of drug-likeness (QED) is 0.390. The first-order valence-electron chi connectivity index (χ1n) is 6.95. The number of nitrogens with zero attached hydrogens (tertiary/aromatic N) is 2. The predicted molar refractivity (Wildman–Crippen MR) is 82.5 cm³/mol. The second kappa shape index (κ2) is 5.04. The fourth-order valence-corrected chi connectivity index (χ4v) is 2.84. The van der Waals surface area contributed by atoms with Crippen molar-refractivity contribution in [3.63, 3.8) is 0 Å². The maximum Gasteiger partial charge on any atom is 0.170 e. The van der Waals surface area contributed by atoms with Crippen molar-refractivity contribution < 1.29 is 5.21 Å². The first kappa shape index (κ1) is 12.8. The van der Waals surface area contributed by atoms with E-state index in [0.29, 0.717) is 6.04 Å². The minimum absolute atomic E-state index is 0.152. The maximum absolute atomic E-state index is 8.91. The Bertz CT molecular complexity index is 662. The SMILES string of the molecule is CN(c1ccc(/C(N)=N/O)c2ccccc12)C1CCC1. The summed E-state index contributed by atoms with van der Waals surface area (Å²) in [5, 5.41) is 14.2. The molecule has 0 spiro atoms. The molecule has 2 aromatic carbocycles. The summed E-state index contributed by atoms with van der Waals surface area (Å²) in [6.45, 7) is 0. The summed E-state index contributed by atoms with van der Waals surface area (Å²) < 4.78 is 0. The lowest BCUT2D eigenvalue weighted by Gasteiger charge is -2.37. The van der Waals surface area contributed by atoms with Gasteiger partial charge >= 0.3 is 0 Å².